The highest BCUT2D eigenvalue weighted by molar-refractivity contribution is 6.32. The Morgan fingerprint density at radius 2 is 1.77 bits per heavy atom. The Balaban J connectivity index is 1.57. The van der Waals surface area contributed by atoms with Gasteiger partial charge in [0.25, 0.3) is 5.91 Å². The van der Waals surface area contributed by atoms with Crippen molar-refractivity contribution >= 4 is 34.2 Å². The van der Waals surface area contributed by atoms with E-state index in [9.17, 15) is 4.79 Å². The molecule has 0 aliphatic heterocycles. The lowest BCUT2D eigenvalue weighted by Crippen LogP contribution is -2.11. The third-order valence-corrected chi connectivity index (χ3v) is 4.62. The molecule has 1 amide bonds. The van der Waals surface area contributed by atoms with E-state index in [0.717, 1.165) is 33.7 Å². The smallest absolute Gasteiger partial charge is 0.255 e. The fraction of sp³-hybridized carbons (Fsp3) is 0.0476. The summed E-state index contributed by atoms with van der Waals surface area (Å²) in [5.74, 6) is 0.634. The number of rotatable bonds is 3. The zero-order chi connectivity index (χ0) is 18.1. The second-order valence-corrected chi connectivity index (χ2v) is 6.51. The monoisotopic (exact) mass is 361 g/mol. The predicted molar refractivity (Wildman–Crippen MR) is 106 cm³/mol. The van der Waals surface area contributed by atoms with E-state index in [1.807, 2.05) is 61.5 Å². The largest absolute Gasteiger partial charge is 0.338 e. The quantitative estimate of drug-likeness (QED) is 0.510. The van der Waals surface area contributed by atoms with Crippen LogP contribution in [0.4, 0.5) is 5.69 Å². The average Bonchev–Trinajstić information content (AvgIpc) is 3.06. The first-order chi connectivity index (χ1) is 12.6. The number of benzene rings is 3. The van der Waals surface area contributed by atoms with Crippen LogP contribution in [0.3, 0.4) is 0 Å². The van der Waals surface area contributed by atoms with Crippen LogP contribution in [0, 0.1) is 6.92 Å². The second kappa shape index (κ2) is 6.65. The standard InChI is InChI=1S/C21H16ClN3O/c1-13-11-18-19(12-17(13)22)25-20(24-18)14-7-9-16(10-8-14)23-21(26)15-5-3-2-4-6-15/h2-12H,1H3,(H,23,26)(H,24,25). The Bertz CT molecular complexity index is 1050. The number of H-pyrrole nitrogens is 1. The van der Waals surface area contributed by atoms with E-state index >= 15 is 0 Å². The van der Waals surface area contributed by atoms with Crippen LogP contribution in [0.25, 0.3) is 22.4 Å². The molecule has 2 N–H and O–H groups in total. The molecule has 5 heteroatoms. The van der Waals surface area contributed by atoms with Crippen LogP contribution in [-0.2, 0) is 0 Å². The lowest BCUT2D eigenvalue weighted by atomic mass is 10.1. The molecule has 4 aromatic rings. The Morgan fingerprint density at radius 3 is 2.50 bits per heavy atom. The van der Waals surface area contributed by atoms with Gasteiger partial charge in [-0.2, -0.15) is 0 Å². The molecule has 128 valence electrons. The number of anilines is 1. The fourth-order valence-electron chi connectivity index (χ4n) is 2.78. The van der Waals surface area contributed by atoms with Crippen molar-refractivity contribution in [1.82, 2.24) is 9.97 Å². The van der Waals surface area contributed by atoms with Gasteiger partial charge in [-0.05, 0) is 61.0 Å². The number of imidazole rings is 1. The zero-order valence-electron chi connectivity index (χ0n) is 14.1. The number of hydrogen-bond acceptors (Lipinski definition) is 2. The first kappa shape index (κ1) is 16.4. The summed E-state index contributed by atoms with van der Waals surface area (Å²) in [7, 11) is 0. The van der Waals surface area contributed by atoms with E-state index in [1.54, 1.807) is 12.1 Å². The third-order valence-electron chi connectivity index (χ3n) is 4.21. The summed E-state index contributed by atoms with van der Waals surface area (Å²) in [4.78, 5) is 20.1. The van der Waals surface area contributed by atoms with Crippen LogP contribution in [0.15, 0.2) is 66.7 Å². The predicted octanol–water partition coefficient (Wildman–Crippen LogP) is 5.44. The molecule has 0 saturated heterocycles. The van der Waals surface area contributed by atoms with Gasteiger partial charge in [-0.15, -0.1) is 0 Å². The number of amides is 1. The maximum absolute atomic E-state index is 12.2. The van der Waals surface area contributed by atoms with Gasteiger partial charge in [-0.1, -0.05) is 29.8 Å². The highest BCUT2D eigenvalue weighted by atomic mass is 35.5. The van der Waals surface area contributed by atoms with E-state index in [1.165, 1.54) is 0 Å². The molecule has 0 unspecified atom stereocenters. The number of aromatic nitrogens is 2. The number of fused-ring (bicyclic) bond motifs is 1. The molecule has 0 spiro atoms. The molecule has 26 heavy (non-hydrogen) atoms. The summed E-state index contributed by atoms with van der Waals surface area (Å²) >= 11 is 6.17. The topological polar surface area (TPSA) is 57.8 Å². The minimum atomic E-state index is -0.132. The van der Waals surface area contributed by atoms with Crippen molar-refractivity contribution in [2.24, 2.45) is 0 Å². The summed E-state index contributed by atoms with van der Waals surface area (Å²) in [5.41, 5.74) is 5.08. The van der Waals surface area contributed by atoms with Gasteiger partial charge in [-0.25, -0.2) is 4.98 Å². The van der Waals surface area contributed by atoms with Crippen molar-refractivity contribution in [2.45, 2.75) is 6.92 Å². The molecule has 3 aromatic carbocycles. The summed E-state index contributed by atoms with van der Waals surface area (Å²) < 4.78 is 0. The Labute approximate surface area is 155 Å². The first-order valence-electron chi connectivity index (χ1n) is 8.23. The molecule has 0 bridgehead atoms. The Morgan fingerprint density at radius 1 is 1.04 bits per heavy atom. The lowest BCUT2D eigenvalue weighted by Gasteiger charge is -2.05. The van der Waals surface area contributed by atoms with Gasteiger partial charge in [0.15, 0.2) is 0 Å². The number of carbonyl (C=O) groups excluding carboxylic acids is 1. The number of aromatic amines is 1. The number of nitrogens with one attached hydrogen (secondary N) is 2. The summed E-state index contributed by atoms with van der Waals surface area (Å²) in [6.07, 6.45) is 0. The van der Waals surface area contributed by atoms with Crippen LogP contribution in [0.2, 0.25) is 5.02 Å². The maximum Gasteiger partial charge on any atom is 0.255 e. The molecule has 0 atom stereocenters. The maximum atomic E-state index is 12.2. The fourth-order valence-corrected chi connectivity index (χ4v) is 2.94. The van der Waals surface area contributed by atoms with E-state index in [2.05, 4.69) is 15.3 Å². The molecule has 0 fully saturated rings. The van der Waals surface area contributed by atoms with Crippen LogP contribution < -0.4 is 5.32 Å². The van der Waals surface area contributed by atoms with E-state index in [4.69, 9.17) is 11.6 Å². The van der Waals surface area contributed by atoms with Crippen molar-refractivity contribution in [1.29, 1.82) is 0 Å². The Kier molecular flexibility index (Phi) is 4.19. The summed E-state index contributed by atoms with van der Waals surface area (Å²) in [5, 5.41) is 3.59. The van der Waals surface area contributed by atoms with Gasteiger partial charge in [-0.3, -0.25) is 4.79 Å². The highest BCUT2D eigenvalue weighted by Gasteiger charge is 2.09. The molecule has 4 rings (SSSR count). The summed E-state index contributed by atoms with van der Waals surface area (Å²) in [6.45, 7) is 1.96. The zero-order valence-corrected chi connectivity index (χ0v) is 14.8. The first-order valence-corrected chi connectivity index (χ1v) is 8.61. The number of hydrogen-bond donors (Lipinski definition) is 2. The normalized spacial score (nSPS) is 10.8. The van der Waals surface area contributed by atoms with Crippen molar-refractivity contribution in [3.05, 3.63) is 82.9 Å². The van der Waals surface area contributed by atoms with Gasteiger partial charge in [0, 0.05) is 21.8 Å². The molecule has 1 heterocycles. The van der Waals surface area contributed by atoms with Gasteiger partial charge in [0.05, 0.1) is 11.0 Å². The minimum absolute atomic E-state index is 0.132. The summed E-state index contributed by atoms with van der Waals surface area (Å²) in [6, 6.07) is 20.6. The minimum Gasteiger partial charge on any atom is -0.338 e. The molecular weight excluding hydrogens is 346 g/mol. The SMILES string of the molecule is Cc1cc2[nH]c(-c3ccc(NC(=O)c4ccccc4)cc3)nc2cc1Cl. The van der Waals surface area contributed by atoms with E-state index < -0.39 is 0 Å². The number of carbonyl (C=O) groups is 1. The van der Waals surface area contributed by atoms with Gasteiger partial charge in [0.1, 0.15) is 5.82 Å². The molecule has 0 radical (unpaired) electrons. The van der Waals surface area contributed by atoms with Crippen molar-refractivity contribution < 1.29 is 4.79 Å². The molecule has 0 aliphatic rings. The van der Waals surface area contributed by atoms with Gasteiger partial charge >= 0.3 is 0 Å². The molecule has 0 saturated carbocycles. The number of halogens is 1. The Hall–Kier alpha value is -3.11. The molecule has 0 aliphatic carbocycles. The van der Waals surface area contributed by atoms with Crippen LogP contribution in [0.5, 0.6) is 0 Å². The van der Waals surface area contributed by atoms with Gasteiger partial charge in [0.2, 0.25) is 0 Å². The van der Waals surface area contributed by atoms with E-state index in [-0.39, 0.29) is 5.91 Å². The van der Waals surface area contributed by atoms with Crippen molar-refractivity contribution in [3.8, 4) is 11.4 Å². The second-order valence-electron chi connectivity index (χ2n) is 6.10. The molecule has 1 aromatic heterocycles. The highest BCUT2D eigenvalue weighted by Crippen LogP contribution is 2.26. The van der Waals surface area contributed by atoms with Crippen LogP contribution in [0.1, 0.15) is 15.9 Å². The van der Waals surface area contributed by atoms with Crippen LogP contribution >= 0.6 is 11.6 Å². The number of nitrogens with zero attached hydrogens (tertiary/aromatic N) is 1. The third kappa shape index (κ3) is 3.19. The molecular formula is C21H16ClN3O. The number of aryl methyl sites for hydroxylation is 1. The van der Waals surface area contributed by atoms with Crippen molar-refractivity contribution in [2.75, 3.05) is 5.32 Å². The van der Waals surface area contributed by atoms with Gasteiger partial charge < -0.3 is 10.3 Å². The van der Waals surface area contributed by atoms with Crippen LogP contribution in [-0.4, -0.2) is 15.9 Å². The van der Waals surface area contributed by atoms with E-state index in [0.29, 0.717) is 10.6 Å². The average molecular weight is 362 g/mol. The lowest BCUT2D eigenvalue weighted by molar-refractivity contribution is 0.102. The van der Waals surface area contributed by atoms with Crippen molar-refractivity contribution in [3.63, 3.8) is 0 Å². The molecule has 4 nitrogen and oxygen atoms in total.